The van der Waals surface area contributed by atoms with Crippen LogP contribution in [0.3, 0.4) is 0 Å². The van der Waals surface area contributed by atoms with Gasteiger partial charge in [0.1, 0.15) is 18.0 Å². The monoisotopic (exact) mass is 318 g/mol. The quantitative estimate of drug-likeness (QED) is 0.832. The Bertz CT molecular complexity index is 529. The Hall–Kier alpha value is -1.40. The van der Waals surface area contributed by atoms with Crippen LogP contribution < -0.4 is 9.80 Å². The first kappa shape index (κ1) is 15.1. The maximum absolute atomic E-state index is 5.80. The summed E-state index contributed by atoms with van der Waals surface area (Å²) in [5.74, 6) is 2.60. The van der Waals surface area contributed by atoms with E-state index in [0.29, 0.717) is 0 Å². The van der Waals surface area contributed by atoms with Crippen molar-refractivity contribution in [2.75, 3.05) is 49.2 Å². The van der Waals surface area contributed by atoms with Crippen LogP contribution in [0.25, 0.3) is 0 Å². The molecule has 4 heterocycles. The number of aromatic nitrogens is 2. The Labute approximate surface area is 137 Å². The van der Waals surface area contributed by atoms with Crippen LogP contribution in [0.1, 0.15) is 32.6 Å². The lowest BCUT2D eigenvalue weighted by Crippen LogP contribution is -2.45. The zero-order chi connectivity index (χ0) is 15.7. The van der Waals surface area contributed by atoms with E-state index in [9.17, 15) is 0 Å². The van der Waals surface area contributed by atoms with Crippen LogP contribution in [0.5, 0.6) is 0 Å². The highest BCUT2D eigenvalue weighted by Crippen LogP contribution is 2.33. The van der Waals surface area contributed by atoms with E-state index in [1.807, 2.05) is 0 Å². The van der Waals surface area contributed by atoms with Gasteiger partial charge < -0.3 is 19.3 Å². The molecule has 1 spiro atoms. The van der Waals surface area contributed by atoms with Gasteiger partial charge in [-0.1, -0.05) is 6.92 Å². The summed E-state index contributed by atoms with van der Waals surface area (Å²) in [6.45, 7) is 7.83. The summed E-state index contributed by atoms with van der Waals surface area (Å²) in [6, 6.07) is 2.14. The average Bonchev–Trinajstić information content (AvgIpc) is 3.04. The molecule has 0 unspecified atom stereocenters. The third-order valence-electron chi connectivity index (χ3n) is 5.41. The van der Waals surface area contributed by atoms with Crippen molar-refractivity contribution in [2.24, 2.45) is 5.92 Å². The van der Waals surface area contributed by atoms with Crippen LogP contribution in [0, 0.1) is 5.92 Å². The van der Waals surface area contributed by atoms with E-state index >= 15 is 0 Å². The topological polar surface area (TPSA) is 50.7 Å². The minimum atomic E-state index is -0.324. The predicted octanol–water partition coefficient (Wildman–Crippen LogP) is 2.06. The standard InChI is InChI=1S/C17H26N4O2/c1-14-2-6-20(7-3-14)15-12-16(19-13-18-15)21-8-4-17(5-9-21)22-10-11-23-17/h12-14H,2-11H2,1H3. The number of anilines is 2. The van der Waals surface area contributed by atoms with Crippen molar-refractivity contribution in [3.63, 3.8) is 0 Å². The molecule has 0 saturated carbocycles. The molecule has 3 fully saturated rings. The van der Waals surface area contributed by atoms with Gasteiger partial charge in [0, 0.05) is 45.1 Å². The maximum atomic E-state index is 5.80. The van der Waals surface area contributed by atoms with Crippen molar-refractivity contribution >= 4 is 11.6 Å². The second kappa shape index (κ2) is 6.24. The largest absolute Gasteiger partial charge is 0.356 e. The minimum absolute atomic E-state index is 0.324. The van der Waals surface area contributed by atoms with Gasteiger partial charge in [0.2, 0.25) is 0 Å². The fourth-order valence-corrected chi connectivity index (χ4v) is 3.78. The molecular formula is C17H26N4O2. The number of ether oxygens (including phenoxy) is 2. The van der Waals surface area contributed by atoms with E-state index < -0.39 is 0 Å². The Balaban J connectivity index is 1.42. The SMILES string of the molecule is CC1CCN(c2cc(N3CCC4(CC3)OCCO4)ncn2)CC1. The van der Waals surface area contributed by atoms with E-state index in [1.165, 1.54) is 12.8 Å². The third-order valence-corrected chi connectivity index (χ3v) is 5.41. The number of hydrogen-bond donors (Lipinski definition) is 0. The van der Waals surface area contributed by atoms with Gasteiger partial charge in [-0.2, -0.15) is 0 Å². The van der Waals surface area contributed by atoms with Gasteiger partial charge in [-0.3, -0.25) is 0 Å². The lowest BCUT2D eigenvalue weighted by molar-refractivity contribution is -0.169. The van der Waals surface area contributed by atoms with Crippen molar-refractivity contribution in [3.05, 3.63) is 12.4 Å². The molecule has 0 aromatic carbocycles. The first-order valence-corrected chi connectivity index (χ1v) is 8.84. The molecule has 0 aliphatic carbocycles. The van der Waals surface area contributed by atoms with Crippen molar-refractivity contribution < 1.29 is 9.47 Å². The molecule has 0 radical (unpaired) electrons. The first-order chi connectivity index (χ1) is 11.2. The average molecular weight is 318 g/mol. The first-order valence-electron chi connectivity index (χ1n) is 8.84. The zero-order valence-electron chi connectivity index (χ0n) is 13.9. The van der Waals surface area contributed by atoms with Gasteiger partial charge in [-0.05, 0) is 18.8 Å². The van der Waals surface area contributed by atoms with Gasteiger partial charge in [0.25, 0.3) is 0 Å². The molecule has 0 amide bonds. The molecule has 23 heavy (non-hydrogen) atoms. The molecule has 6 nitrogen and oxygen atoms in total. The molecule has 6 heteroatoms. The van der Waals surface area contributed by atoms with E-state index in [1.54, 1.807) is 6.33 Å². The van der Waals surface area contributed by atoms with Crippen molar-refractivity contribution in [3.8, 4) is 0 Å². The molecule has 0 atom stereocenters. The lowest BCUT2D eigenvalue weighted by Gasteiger charge is -2.38. The second-order valence-corrected chi connectivity index (χ2v) is 7.00. The summed E-state index contributed by atoms with van der Waals surface area (Å²) >= 11 is 0. The summed E-state index contributed by atoms with van der Waals surface area (Å²) in [5, 5.41) is 0. The van der Waals surface area contributed by atoms with E-state index in [0.717, 1.165) is 69.8 Å². The highest BCUT2D eigenvalue weighted by atomic mass is 16.7. The van der Waals surface area contributed by atoms with E-state index in [2.05, 4.69) is 32.8 Å². The van der Waals surface area contributed by atoms with E-state index in [4.69, 9.17) is 9.47 Å². The molecular weight excluding hydrogens is 292 g/mol. The predicted molar refractivity (Wildman–Crippen MR) is 88.7 cm³/mol. The van der Waals surface area contributed by atoms with Crippen molar-refractivity contribution in [1.29, 1.82) is 0 Å². The summed E-state index contributed by atoms with van der Waals surface area (Å²) in [4.78, 5) is 13.7. The van der Waals surface area contributed by atoms with Crippen LogP contribution in [0.15, 0.2) is 12.4 Å². The summed E-state index contributed by atoms with van der Waals surface area (Å²) in [6.07, 6.45) is 6.03. The molecule has 3 aliphatic rings. The fraction of sp³-hybridized carbons (Fsp3) is 0.765. The molecule has 3 aliphatic heterocycles. The minimum Gasteiger partial charge on any atom is -0.356 e. The maximum Gasteiger partial charge on any atom is 0.171 e. The molecule has 1 aromatic heterocycles. The van der Waals surface area contributed by atoms with Crippen LogP contribution in [-0.2, 0) is 9.47 Å². The molecule has 3 saturated heterocycles. The highest BCUT2D eigenvalue weighted by molar-refractivity contribution is 5.50. The number of piperidine rings is 2. The van der Waals surface area contributed by atoms with Crippen molar-refractivity contribution in [2.45, 2.75) is 38.4 Å². The molecule has 1 aromatic rings. The lowest BCUT2D eigenvalue weighted by atomic mass is 9.99. The molecule has 0 bridgehead atoms. The molecule has 4 rings (SSSR count). The fourth-order valence-electron chi connectivity index (χ4n) is 3.78. The highest BCUT2D eigenvalue weighted by Gasteiger charge is 2.40. The zero-order valence-corrected chi connectivity index (χ0v) is 13.9. The van der Waals surface area contributed by atoms with Gasteiger partial charge in [-0.15, -0.1) is 0 Å². The smallest absolute Gasteiger partial charge is 0.171 e. The van der Waals surface area contributed by atoms with Crippen LogP contribution in [0.2, 0.25) is 0 Å². The Morgan fingerprint density at radius 1 is 0.957 bits per heavy atom. The van der Waals surface area contributed by atoms with Gasteiger partial charge >= 0.3 is 0 Å². The summed E-state index contributed by atoms with van der Waals surface area (Å²) < 4.78 is 11.6. The van der Waals surface area contributed by atoms with Crippen LogP contribution >= 0.6 is 0 Å². The normalized spacial score (nSPS) is 25.3. The number of hydrogen-bond acceptors (Lipinski definition) is 6. The molecule has 126 valence electrons. The van der Waals surface area contributed by atoms with Crippen LogP contribution in [0.4, 0.5) is 11.6 Å². The third kappa shape index (κ3) is 3.15. The Morgan fingerprint density at radius 2 is 1.52 bits per heavy atom. The van der Waals surface area contributed by atoms with Gasteiger partial charge in [-0.25, -0.2) is 9.97 Å². The Morgan fingerprint density at radius 3 is 2.13 bits per heavy atom. The summed E-state index contributed by atoms with van der Waals surface area (Å²) in [7, 11) is 0. The van der Waals surface area contributed by atoms with Gasteiger partial charge in [0.15, 0.2) is 5.79 Å². The number of nitrogens with zero attached hydrogens (tertiary/aromatic N) is 4. The Kier molecular flexibility index (Phi) is 4.11. The number of rotatable bonds is 2. The van der Waals surface area contributed by atoms with Crippen molar-refractivity contribution in [1.82, 2.24) is 9.97 Å². The molecule has 0 N–H and O–H groups in total. The summed E-state index contributed by atoms with van der Waals surface area (Å²) in [5.41, 5.74) is 0. The van der Waals surface area contributed by atoms with Crippen LogP contribution in [-0.4, -0.2) is 55.1 Å². The van der Waals surface area contributed by atoms with Gasteiger partial charge in [0.05, 0.1) is 13.2 Å². The van der Waals surface area contributed by atoms with E-state index in [-0.39, 0.29) is 5.79 Å². The second-order valence-electron chi connectivity index (χ2n) is 7.00.